The molecule has 0 spiro atoms. The Balaban J connectivity index is 2.04. The second-order valence-electron chi connectivity index (χ2n) is 10.3. The van der Waals surface area contributed by atoms with E-state index < -0.39 is 11.6 Å². The number of pyridine rings is 1. The smallest absolute Gasteiger partial charge is 0.315 e. The standard InChI is InChI=1S/C27H43N7O3/c1-6-36-16-22-32-23-24(33(22)17-27(4,5)34(18(2)3)26(30)35)20-12-11-19(15-21(20)31-25(23)29)37-14-10-8-7-9-13-28/h11-12,15,18H,6-10,13-14,16-17,28H2,1-5H3,(H2,29,31)(H2,30,35). The molecular formula is C27H43N7O3. The zero-order valence-electron chi connectivity index (χ0n) is 22.9. The van der Waals surface area contributed by atoms with Crippen molar-refractivity contribution in [1.82, 2.24) is 19.4 Å². The maximum absolute atomic E-state index is 12.3. The van der Waals surface area contributed by atoms with Gasteiger partial charge < -0.3 is 36.1 Å². The molecule has 2 amide bonds. The lowest BCUT2D eigenvalue weighted by Gasteiger charge is -2.41. The van der Waals surface area contributed by atoms with Gasteiger partial charge in [0.2, 0.25) is 0 Å². The van der Waals surface area contributed by atoms with Crippen molar-refractivity contribution in [3.05, 3.63) is 24.0 Å². The molecule has 0 aliphatic rings. The number of aromatic nitrogens is 3. The van der Waals surface area contributed by atoms with Crippen LogP contribution in [0.4, 0.5) is 10.6 Å². The quantitative estimate of drug-likeness (QED) is 0.274. The molecule has 0 aliphatic carbocycles. The first-order valence-electron chi connectivity index (χ1n) is 13.2. The van der Waals surface area contributed by atoms with Crippen LogP contribution < -0.4 is 21.9 Å². The Hall–Kier alpha value is -3.11. The molecule has 0 unspecified atom stereocenters. The number of urea groups is 1. The molecule has 10 heteroatoms. The summed E-state index contributed by atoms with van der Waals surface area (Å²) in [6.07, 6.45) is 4.22. The number of hydrogen-bond acceptors (Lipinski definition) is 7. The topological polar surface area (TPSA) is 148 Å². The van der Waals surface area contributed by atoms with Crippen molar-refractivity contribution in [3.63, 3.8) is 0 Å². The number of nitrogen functional groups attached to an aromatic ring is 1. The normalized spacial score (nSPS) is 12.1. The monoisotopic (exact) mass is 513 g/mol. The fraction of sp³-hybridized carbons (Fsp3) is 0.593. The van der Waals surface area contributed by atoms with Gasteiger partial charge in [0, 0.05) is 30.6 Å². The van der Waals surface area contributed by atoms with Crippen molar-refractivity contribution < 1.29 is 14.3 Å². The molecule has 0 saturated heterocycles. The van der Waals surface area contributed by atoms with Gasteiger partial charge >= 0.3 is 6.03 Å². The van der Waals surface area contributed by atoms with E-state index in [0.717, 1.165) is 60.2 Å². The molecule has 1 aromatic carbocycles. The molecule has 0 saturated carbocycles. The third-order valence-electron chi connectivity index (χ3n) is 6.51. The van der Waals surface area contributed by atoms with E-state index in [-0.39, 0.29) is 6.04 Å². The molecule has 2 heterocycles. The molecule has 0 atom stereocenters. The Labute approximate surface area is 219 Å². The molecule has 10 nitrogen and oxygen atoms in total. The Morgan fingerprint density at radius 2 is 1.89 bits per heavy atom. The first-order valence-corrected chi connectivity index (χ1v) is 13.2. The summed E-state index contributed by atoms with van der Waals surface area (Å²) in [5.41, 5.74) is 19.3. The van der Waals surface area contributed by atoms with E-state index >= 15 is 0 Å². The highest BCUT2D eigenvalue weighted by molar-refractivity contribution is 6.07. The Kier molecular flexibility index (Phi) is 9.56. The van der Waals surface area contributed by atoms with Gasteiger partial charge in [0.1, 0.15) is 23.7 Å². The highest BCUT2D eigenvalue weighted by Gasteiger charge is 2.34. The maximum Gasteiger partial charge on any atom is 0.315 e. The van der Waals surface area contributed by atoms with Crippen LogP contribution in [0.25, 0.3) is 21.9 Å². The van der Waals surface area contributed by atoms with Gasteiger partial charge in [-0.2, -0.15) is 0 Å². The molecule has 2 aromatic heterocycles. The number of carbonyl (C=O) groups is 1. The van der Waals surface area contributed by atoms with Crippen LogP contribution in [0.5, 0.6) is 5.75 Å². The van der Waals surface area contributed by atoms with Crippen molar-refractivity contribution in [2.24, 2.45) is 11.5 Å². The van der Waals surface area contributed by atoms with Crippen molar-refractivity contribution >= 4 is 33.8 Å². The average Bonchev–Trinajstić information content (AvgIpc) is 3.17. The van der Waals surface area contributed by atoms with E-state index in [2.05, 4.69) is 9.55 Å². The summed E-state index contributed by atoms with van der Waals surface area (Å²) >= 11 is 0. The van der Waals surface area contributed by atoms with Crippen molar-refractivity contribution in [2.45, 2.75) is 85.0 Å². The van der Waals surface area contributed by atoms with Crippen molar-refractivity contribution in [2.75, 3.05) is 25.5 Å². The summed E-state index contributed by atoms with van der Waals surface area (Å²) in [5, 5.41) is 0.903. The van der Waals surface area contributed by atoms with Crippen LogP contribution in [0.1, 0.15) is 66.1 Å². The molecule has 0 fully saturated rings. The minimum atomic E-state index is -0.605. The zero-order valence-corrected chi connectivity index (χ0v) is 22.9. The minimum absolute atomic E-state index is 0.0730. The molecule has 0 radical (unpaired) electrons. The number of nitrogens with two attached hydrogens (primary N) is 3. The summed E-state index contributed by atoms with van der Waals surface area (Å²) in [7, 11) is 0. The molecule has 0 bridgehead atoms. The Morgan fingerprint density at radius 3 is 2.54 bits per heavy atom. The number of ether oxygens (including phenoxy) is 2. The van der Waals surface area contributed by atoms with Crippen LogP contribution in [0.2, 0.25) is 0 Å². The van der Waals surface area contributed by atoms with E-state index in [1.165, 1.54) is 0 Å². The second-order valence-corrected chi connectivity index (χ2v) is 10.3. The van der Waals surface area contributed by atoms with Crippen LogP contribution in [0.15, 0.2) is 18.2 Å². The van der Waals surface area contributed by atoms with Gasteiger partial charge in [0.25, 0.3) is 0 Å². The molecule has 6 N–H and O–H groups in total. The van der Waals surface area contributed by atoms with Crippen LogP contribution in [-0.4, -0.2) is 56.8 Å². The van der Waals surface area contributed by atoms with Gasteiger partial charge in [-0.05, 0) is 66.1 Å². The highest BCUT2D eigenvalue weighted by Crippen LogP contribution is 2.33. The van der Waals surface area contributed by atoms with Gasteiger partial charge in [-0.15, -0.1) is 0 Å². The first-order chi connectivity index (χ1) is 17.6. The molecule has 37 heavy (non-hydrogen) atoms. The number of nitrogens with zero attached hydrogens (tertiary/aromatic N) is 4. The van der Waals surface area contributed by atoms with Gasteiger partial charge in [0.15, 0.2) is 5.82 Å². The van der Waals surface area contributed by atoms with Gasteiger partial charge in [0.05, 0.1) is 23.2 Å². The summed E-state index contributed by atoms with van der Waals surface area (Å²) in [6.45, 7) is 12.5. The van der Waals surface area contributed by atoms with E-state index in [9.17, 15) is 4.79 Å². The highest BCUT2D eigenvalue weighted by atomic mass is 16.5. The molecular weight excluding hydrogens is 470 g/mol. The number of carbonyl (C=O) groups excluding carboxylic acids is 1. The van der Waals surface area contributed by atoms with Crippen LogP contribution in [0.3, 0.4) is 0 Å². The van der Waals surface area contributed by atoms with Gasteiger partial charge in [-0.1, -0.05) is 12.8 Å². The number of primary amides is 1. The average molecular weight is 514 g/mol. The number of amides is 2. The summed E-state index contributed by atoms with van der Waals surface area (Å²) in [5.74, 6) is 1.81. The Bertz CT molecular complexity index is 1210. The fourth-order valence-corrected chi connectivity index (χ4v) is 5.01. The number of benzene rings is 1. The van der Waals surface area contributed by atoms with Gasteiger partial charge in [-0.25, -0.2) is 14.8 Å². The lowest BCUT2D eigenvalue weighted by atomic mass is 10.0. The number of unbranched alkanes of at least 4 members (excludes halogenated alkanes) is 3. The first kappa shape index (κ1) is 28.5. The molecule has 3 rings (SSSR count). The lowest BCUT2D eigenvalue weighted by Crippen LogP contribution is -2.55. The second kappa shape index (κ2) is 12.4. The van der Waals surface area contributed by atoms with E-state index in [4.69, 9.17) is 31.7 Å². The molecule has 3 aromatic rings. The Morgan fingerprint density at radius 1 is 1.16 bits per heavy atom. The number of anilines is 1. The SMILES string of the molecule is CCOCc1nc2c(N)nc3cc(OCCCCCCN)ccc3c2n1CC(C)(C)N(C(N)=O)C(C)C. The number of imidazole rings is 1. The third-order valence-corrected chi connectivity index (χ3v) is 6.51. The van der Waals surface area contributed by atoms with E-state index in [0.29, 0.717) is 37.7 Å². The predicted octanol–water partition coefficient (Wildman–Crippen LogP) is 4.17. The fourth-order valence-electron chi connectivity index (χ4n) is 5.01. The van der Waals surface area contributed by atoms with Gasteiger partial charge in [-0.3, -0.25) is 0 Å². The van der Waals surface area contributed by atoms with E-state index in [1.807, 2.05) is 52.8 Å². The van der Waals surface area contributed by atoms with E-state index in [1.54, 1.807) is 4.90 Å². The number of fused-ring (bicyclic) bond motifs is 3. The summed E-state index contributed by atoms with van der Waals surface area (Å²) in [4.78, 5) is 23.5. The largest absolute Gasteiger partial charge is 0.494 e. The van der Waals surface area contributed by atoms with Crippen molar-refractivity contribution in [1.29, 1.82) is 0 Å². The summed E-state index contributed by atoms with van der Waals surface area (Å²) < 4.78 is 13.8. The van der Waals surface area contributed by atoms with Crippen LogP contribution in [0, 0.1) is 0 Å². The molecule has 204 valence electrons. The summed E-state index contributed by atoms with van der Waals surface area (Å²) in [6, 6.07) is 5.33. The number of rotatable bonds is 14. The van der Waals surface area contributed by atoms with Crippen molar-refractivity contribution in [3.8, 4) is 5.75 Å². The number of hydrogen-bond donors (Lipinski definition) is 3. The predicted molar refractivity (Wildman–Crippen MR) is 148 cm³/mol. The third kappa shape index (κ3) is 6.61. The van der Waals surface area contributed by atoms with Crippen LogP contribution in [-0.2, 0) is 17.9 Å². The lowest BCUT2D eigenvalue weighted by molar-refractivity contribution is 0.0975. The maximum atomic E-state index is 12.3. The minimum Gasteiger partial charge on any atom is -0.494 e. The molecule has 0 aliphatic heterocycles. The van der Waals surface area contributed by atoms with Crippen LogP contribution >= 0.6 is 0 Å². The zero-order chi connectivity index (χ0) is 27.2.